The van der Waals surface area contributed by atoms with Crippen LogP contribution in [0, 0.1) is 0 Å². The third-order valence-corrected chi connectivity index (χ3v) is 4.44. The number of carbonyl (C=O) groups is 1. The molecule has 7 heteroatoms. The molecule has 132 valence electrons. The van der Waals surface area contributed by atoms with Gasteiger partial charge in [-0.05, 0) is 18.4 Å². The fourth-order valence-corrected chi connectivity index (χ4v) is 3.07. The van der Waals surface area contributed by atoms with Gasteiger partial charge >= 0.3 is 5.69 Å². The molecule has 1 aliphatic heterocycles. The zero-order chi connectivity index (χ0) is 17.8. The van der Waals surface area contributed by atoms with Crippen molar-refractivity contribution in [3.8, 4) is 0 Å². The van der Waals surface area contributed by atoms with Crippen molar-refractivity contribution in [1.82, 2.24) is 14.0 Å². The Morgan fingerprint density at radius 3 is 2.64 bits per heavy atom. The lowest BCUT2D eigenvalue weighted by Crippen LogP contribution is -2.49. The molecule has 2 N–H and O–H groups in total. The van der Waals surface area contributed by atoms with Gasteiger partial charge in [0, 0.05) is 31.4 Å². The van der Waals surface area contributed by atoms with Gasteiger partial charge in [-0.25, -0.2) is 4.79 Å². The van der Waals surface area contributed by atoms with Crippen LogP contribution >= 0.6 is 0 Å². The van der Waals surface area contributed by atoms with Crippen LogP contribution in [0.15, 0.2) is 52.2 Å². The van der Waals surface area contributed by atoms with Gasteiger partial charge < -0.3 is 10.6 Å². The highest BCUT2D eigenvalue weighted by molar-refractivity contribution is 5.76. The predicted molar refractivity (Wildman–Crippen MR) is 94.3 cm³/mol. The van der Waals surface area contributed by atoms with Crippen LogP contribution < -0.4 is 17.0 Å². The molecule has 2 aromatic rings. The summed E-state index contributed by atoms with van der Waals surface area (Å²) in [4.78, 5) is 38.8. The zero-order valence-corrected chi connectivity index (χ0v) is 14.0. The second-order valence-electron chi connectivity index (χ2n) is 6.38. The summed E-state index contributed by atoms with van der Waals surface area (Å²) in [6, 6.07) is 10.8. The SMILES string of the molecule is NC1CCCN(C(=O)Cn2c(=O)ccn(Cc3ccccc3)c2=O)C1. The summed E-state index contributed by atoms with van der Waals surface area (Å²) < 4.78 is 2.43. The highest BCUT2D eigenvalue weighted by Crippen LogP contribution is 2.08. The lowest BCUT2D eigenvalue weighted by Gasteiger charge is -2.30. The Hall–Kier alpha value is -2.67. The molecular formula is C18H22N4O3. The highest BCUT2D eigenvalue weighted by Gasteiger charge is 2.22. The van der Waals surface area contributed by atoms with E-state index in [9.17, 15) is 14.4 Å². The molecule has 1 saturated heterocycles. The number of hydrogen-bond donors (Lipinski definition) is 1. The summed E-state index contributed by atoms with van der Waals surface area (Å²) >= 11 is 0. The lowest BCUT2D eigenvalue weighted by atomic mass is 10.1. The van der Waals surface area contributed by atoms with Crippen molar-refractivity contribution >= 4 is 5.91 Å². The summed E-state index contributed by atoms with van der Waals surface area (Å²) in [5, 5.41) is 0. The molecular weight excluding hydrogens is 320 g/mol. The summed E-state index contributed by atoms with van der Waals surface area (Å²) in [7, 11) is 0. The van der Waals surface area contributed by atoms with E-state index in [0.717, 1.165) is 23.0 Å². The molecule has 1 aromatic heterocycles. The number of piperidine rings is 1. The number of hydrogen-bond acceptors (Lipinski definition) is 4. The molecule has 1 atom stereocenters. The Balaban J connectivity index is 1.81. The second kappa shape index (κ2) is 7.48. The summed E-state index contributed by atoms with van der Waals surface area (Å²) in [6.07, 6.45) is 3.20. The van der Waals surface area contributed by atoms with Crippen molar-refractivity contribution in [2.24, 2.45) is 5.73 Å². The maximum absolute atomic E-state index is 12.6. The van der Waals surface area contributed by atoms with E-state index in [0.29, 0.717) is 19.6 Å². The van der Waals surface area contributed by atoms with Crippen molar-refractivity contribution < 1.29 is 4.79 Å². The van der Waals surface area contributed by atoms with E-state index >= 15 is 0 Å². The standard InChI is InChI=1S/C18H22N4O3/c19-15-7-4-9-20(12-15)17(24)13-22-16(23)8-10-21(18(22)25)11-14-5-2-1-3-6-14/h1-3,5-6,8,10,15H,4,7,9,11-13,19H2. The number of nitrogens with two attached hydrogens (primary N) is 1. The van der Waals surface area contributed by atoms with E-state index in [4.69, 9.17) is 5.73 Å². The van der Waals surface area contributed by atoms with Gasteiger partial charge in [-0.15, -0.1) is 0 Å². The van der Waals surface area contributed by atoms with E-state index in [1.165, 1.54) is 16.8 Å². The number of amides is 1. The maximum atomic E-state index is 12.6. The predicted octanol–water partition coefficient (Wildman–Crippen LogP) is 0.00800. The summed E-state index contributed by atoms with van der Waals surface area (Å²) in [6.45, 7) is 1.19. The van der Waals surface area contributed by atoms with Gasteiger partial charge in [0.05, 0.1) is 6.54 Å². The van der Waals surface area contributed by atoms with Gasteiger partial charge in [0.1, 0.15) is 6.54 Å². The minimum Gasteiger partial charge on any atom is -0.340 e. The van der Waals surface area contributed by atoms with Crippen molar-refractivity contribution in [2.75, 3.05) is 13.1 Å². The van der Waals surface area contributed by atoms with Crippen LogP contribution in [0.25, 0.3) is 0 Å². The molecule has 7 nitrogen and oxygen atoms in total. The Kier molecular flexibility index (Phi) is 5.14. The van der Waals surface area contributed by atoms with Crippen molar-refractivity contribution in [3.63, 3.8) is 0 Å². The van der Waals surface area contributed by atoms with Crippen LogP contribution in [0.4, 0.5) is 0 Å². The molecule has 2 heterocycles. The Labute approximate surface area is 145 Å². The number of benzene rings is 1. The number of aromatic nitrogens is 2. The van der Waals surface area contributed by atoms with Crippen LogP contribution in [0.3, 0.4) is 0 Å². The summed E-state index contributed by atoms with van der Waals surface area (Å²) in [5.74, 6) is -0.244. The van der Waals surface area contributed by atoms with Gasteiger partial charge in [-0.1, -0.05) is 30.3 Å². The quantitative estimate of drug-likeness (QED) is 0.847. The van der Waals surface area contributed by atoms with E-state index in [-0.39, 0.29) is 18.5 Å². The first-order valence-corrected chi connectivity index (χ1v) is 8.42. The third-order valence-electron chi connectivity index (χ3n) is 4.44. The van der Waals surface area contributed by atoms with Gasteiger partial charge in [0.25, 0.3) is 5.56 Å². The topological polar surface area (TPSA) is 90.3 Å². The number of likely N-dealkylation sites (tertiary alicyclic amines) is 1. The smallest absolute Gasteiger partial charge is 0.331 e. The van der Waals surface area contributed by atoms with Crippen molar-refractivity contribution in [2.45, 2.75) is 32.0 Å². The molecule has 0 bridgehead atoms. The molecule has 1 aromatic carbocycles. The van der Waals surface area contributed by atoms with E-state index < -0.39 is 11.2 Å². The molecule has 0 aliphatic carbocycles. The van der Waals surface area contributed by atoms with Gasteiger partial charge in [-0.2, -0.15) is 0 Å². The third kappa shape index (κ3) is 4.06. The highest BCUT2D eigenvalue weighted by atomic mass is 16.2. The van der Waals surface area contributed by atoms with Crippen LogP contribution in [-0.4, -0.2) is 39.1 Å². The van der Waals surface area contributed by atoms with Gasteiger partial charge in [0.2, 0.25) is 5.91 Å². The first-order chi connectivity index (χ1) is 12.0. The molecule has 1 aliphatic rings. The average Bonchev–Trinajstić information content (AvgIpc) is 2.62. The molecule has 0 radical (unpaired) electrons. The monoisotopic (exact) mass is 342 g/mol. The van der Waals surface area contributed by atoms with Gasteiger partial charge in [-0.3, -0.25) is 18.7 Å². The molecule has 0 saturated carbocycles. The lowest BCUT2D eigenvalue weighted by molar-refractivity contribution is -0.133. The zero-order valence-electron chi connectivity index (χ0n) is 14.0. The van der Waals surface area contributed by atoms with E-state index in [1.807, 2.05) is 30.3 Å². The fourth-order valence-electron chi connectivity index (χ4n) is 3.07. The van der Waals surface area contributed by atoms with Crippen molar-refractivity contribution in [1.29, 1.82) is 0 Å². The molecule has 25 heavy (non-hydrogen) atoms. The number of carbonyl (C=O) groups excluding carboxylic acids is 1. The Bertz CT molecular complexity index is 857. The molecule has 3 rings (SSSR count). The largest absolute Gasteiger partial charge is 0.340 e. The number of rotatable bonds is 4. The second-order valence-corrected chi connectivity index (χ2v) is 6.38. The van der Waals surface area contributed by atoms with Gasteiger partial charge in [0.15, 0.2) is 0 Å². The molecule has 0 spiro atoms. The Morgan fingerprint density at radius 1 is 1.16 bits per heavy atom. The van der Waals surface area contributed by atoms with Crippen LogP contribution in [-0.2, 0) is 17.9 Å². The van der Waals surface area contributed by atoms with Crippen LogP contribution in [0.5, 0.6) is 0 Å². The van der Waals surface area contributed by atoms with Crippen molar-refractivity contribution in [3.05, 3.63) is 69.0 Å². The minimum absolute atomic E-state index is 0.0417. The van der Waals surface area contributed by atoms with Crippen LogP contribution in [0.2, 0.25) is 0 Å². The first kappa shape index (κ1) is 17.2. The fraction of sp³-hybridized carbons (Fsp3) is 0.389. The van der Waals surface area contributed by atoms with E-state index in [2.05, 4.69) is 0 Å². The average molecular weight is 342 g/mol. The van der Waals surface area contributed by atoms with E-state index in [1.54, 1.807) is 4.90 Å². The number of nitrogens with zero attached hydrogens (tertiary/aromatic N) is 3. The summed E-state index contributed by atoms with van der Waals surface area (Å²) in [5.41, 5.74) is 5.90. The molecule has 1 unspecified atom stereocenters. The minimum atomic E-state index is -0.481. The Morgan fingerprint density at radius 2 is 1.92 bits per heavy atom. The van der Waals surface area contributed by atoms with Crippen LogP contribution in [0.1, 0.15) is 18.4 Å². The normalized spacial score (nSPS) is 17.5. The first-order valence-electron chi connectivity index (χ1n) is 8.42. The molecule has 1 amide bonds. The molecule has 1 fully saturated rings. The maximum Gasteiger partial charge on any atom is 0.331 e.